The average molecular weight is 183 g/mol. The fraction of sp³-hybridized carbons (Fsp3) is 0.778. The van der Waals surface area contributed by atoms with Crippen LogP contribution in [0.5, 0.6) is 0 Å². The largest absolute Gasteiger partial charge is 0.465 e. The first kappa shape index (κ1) is 8.53. The van der Waals surface area contributed by atoms with E-state index in [9.17, 15) is 9.59 Å². The molecule has 2 N–H and O–H groups in total. The van der Waals surface area contributed by atoms with Crippen LogP contribution in [0.4, 0.5) is 4.79 Å². The topological polar surface area (TPSA) is 66.4 Å². The van der Waals surface area contributed by atoms with Crippen molar-refractivity contribution in [1.82, 2.24) is 5.32 Å². The lowest BCUT2D eigenvalue weighted by Gasteiger charge is -2.26. The summed E-state index contributed by atoms with van der Waals surface area (Å²) in [6.07, 6.45) is 2.37. The monoisotopic (exact) mass is 183 g/mol. The third-order valence-corrected chi connectivity index (χ3v) is 3.13. The molecular weight excluding hydrogens is 170 g/mol. The Morgan fingerprint density at radius 3 is 2.31 bits per heavy atom. The van der Waals surface area contributed by atoms with Gasteiger partial charge in [0, 0.05) is 17.9 Å². The average Bonchev–Trinajstić information content (AvgIpc) is 2.33. The number of carboxylic acid groups (broad SMARTS) is 1. The number of rotatable bonds is 1. The molecule has 2 aliphatic rings. The minimum Gasteiger partial charge on any atom is -0.465 e. The number of hydrogen-bond acceptors (Lipinski definition) is 2. The van der Waals surface area contributed by atoms with Crippen LogP contribution in [0, 0.1) is 11.8 Å². The van der Waals surface area contributed by atoms with Crippen LogP contribution in [0.15, 0.2) is 0 Å². The number of carbonyl (C=O) groups is 2. The van der Waals surface area contributed by atoms with Gasteiger partial charge in [0.25, 0.3) is 0 Å². The summed E-state index contributed by atoms with van der Waals surface area (Å²) in [5.41, 5.74) is 0. The van der Waals surface area contributed by atoms with Crippen LogP contribution >= 0.6 is 0 Å². The maximum Gasteiger partial charge on any atom is 0.404 e. The van der Waals surface area contributed by atoms with Crippen LogP contribution in [0.2, 0.25) is 0 Å². The molecule has 72 valence electrons. The van der Waals surface area contributed by atoms with E-state index in [1.807, 2.05) is 0 Å². The van der Waals surface area contributed by atoms with Crippen LogP contribution < -0.4 is 5.32 Å². The number of nitrogens with one attached hydrogen (secondary N) is 1. The number of hydrogen-bond donors (Lipinski definition) is 2. The molecule has 2 fully saturated rings. The highest BCUT2D eigenvalue weighted by molar-refractivity contribution is 5.86. The number of fused-ring (bicyclic) bond motifs is 2. The first-order chi connectivity index (χ1) is 6.16. The first-order valence-electron chi connectivity index (χ1n) is 4.70. The highest BCUT2D eigenvalue weighted by atomic mass is 16.4. The molecule has 2 rings (SSSR count). The van der Waals surface area contributed by atoms with Crippen molar-refractivity contribution in [3.05, 3.63) is 0 Å². The van der Waals surface area contributed by atoms with Crippen LogP contribution in [-0.4, -0.2) is 23.0 Å². The highest BCUT2D eigenvalue weighted by Gasteiger charge is 2.41. The van der Waals surface area contributed by atoms with Gasteiger partial charge in [0.05, 0.1) is 0 Å². The summed E-state index contributed by atoms with van der Waals surface area (Å²) in [6, 6.07) is 0.00713. The van der Waals surface area contributed by atoms with E-state index in [1.54, 1.807) is 0 Å². The van der Waals surface area contributed by atoms with Crippen LogP contribution in [-0.2, 0) is 4.79 Å². The van der Waals surface area contributed by atoms with Gasteiger partial charge in [0.15, 0.2) is 0 Å². The van der Waals surface area contributed by atoms with Crippen molar-refractivity contribution in [2.75, 3.05) is 0 Å². The van der Waals surface area contributed by atoms with Gasteiger partial charge in [0.2, 0.25) is 0 Å². The smallest absolute Gasteiger partial charge is 0.404 e. The van der Waals surface area contributed by atoms with Gasteiger partial charge in [-0.25, -0.2) is 4.79 Å². The second-order valence-corrected chi connectivity index (χ2v) is 3.99. The summed E-state index contributed by atoms with van der Waals surface area (Å²) < 4.78 is 0. The van der Waals surface area contributed by atoms with Gasteiger partial charge >= 0.3 is 6.09 Å². The molecule has 2 atom stereocenters. The van der Waals surface area contributed by atoms with Gasteiger partial charge in [-0.2, -0.15) is 0 Å². The Bertz CT molecular complexity index is 235. The molecule has 0 aliphatic heterocycles. The molecule has 4 nitrogen and oxygen atoms in total. The minimum absolute atomic E-state index is 0.00713. The maximum absolute atomic E-state index is 11.4. The van der Waals surface area contributed by atoms with E-state index in [2.05, 4.69) is 5.32 Å². The third kappa shape index (κ3) is 1.53. The molecule has 2 aliphatic carbocycles. The zero-order valence-electron chi connectivity index (χ0n) is 7.32. The van der Waals surface area contributed by atoms with Gasteiger partial charge in [-0.05, 0) is 25.7 Å². The molecule has 0 heterocycles. The summed E-state index contributed by atoms with van der Waals surface area (Å²) in [5.74, 6) is 0.634. The number of ketones is 1. The Hall–Kier alpha value is -1.06. The second kappa shape index (κ2) is 3.01. The van der Waals surface area contributed by atoms with Gasteiger partial charge < -0.3 is 10.4 Å². The molecule has 0 aromatic heterocycles. The predicted molar refractivity (Wildman–Crippen MR) is 45.4 cm³/mol. The van der Waals surface area contributed by atoms with Crippen molar-refractivity contribution >= 4 is 11.9 Å². The van der Waals surface area contributed by atoms with Crippen LogP contribution in [0.1, 0.15) is 25.7 Å². The Labute approximate surface area is 76.3 Å². The van der Waals surface area contributed by atoms with Gasteiger partial charge in [0.1, 0.15) is 5.78 Å². The number of amides is 1. The Morgan fingerprint density at radius 1 is 1.31 bits per heavy atom. The fourth-order valence-electron chi connectivity index (χ4n) is 2.56. The summed E-state index contributed by atoms with van der Waals surface area (Å²) in [5, 5.41) is 11.0. The Morgan fingerprint density at radius 2 is 1.85 bits per heavy atom. The zero-order chi connectivity index (χ0) is 9.42. The lowest BCUT2D eigenvalue weighted by Crippen LogP contribution is -2.41. The van der Waals surface area contributed by atoms with Crippen LogP contribution in [0.3, 0.4) is 0 Å². The standard InChI is InChI=1S/C9H13NO3/c11-8-5-1-2-6(8)4-7(3-5)10-9(12)13/h5-7,10H,1-4H2,(H,12,13). The molecule has 13 heavy (non-hydrogen) atoms. The molecule has 0 aromatic carbocycles. The quantitative estimate of drug-likeness (QED) is 0.637. The van der Waals surface area contributed by atoms with E-state index >= 15 is 0 Å². The summed E-state index contributed by atoms with van der Waals surface area (Å²) in [7, 11) is 0. The first-order valence-corrected chi connectivity index (χ1v) is 4.70. The fourth-order valence-corrected chi connectivity index (χ4v) is 2.56. The molecule has 0 saturated heterocycles. The molecule has 4 heteroatoms. The van der Waals surface area contributed by atoms with Crippen molar-refractivity contribution in [2.24, 2.45) is 11.8 Å². The molecule has 0 radical (unpaired) electrons. The van der Waals surface area contributed by atoms with Gasteiger partial charge in [-0.3, -0.25) is 4.79 Å². The molecule has 2 bridgehead atoms. The summed E-state index contributed by atoms with van der Waals surface area (Å²) >= 11 is 0. The maximum atomic E-state index is 11.4. The van der Waals surface area contributed by atoms with E-state index in [1.165, 1.54) is 0 Å². The van der Waals surface area contributed by atoms with Gasteiger partial charge in [-0.15, -0.1) is 0 Å². The van der Waals surface area contributed by atoms with E-state index in [0.717, 1.165) is 12.8 Å². The van der Waals surface area contributed by atoms with Crippen LogP contribution in [0.25, 0.3) is 0 Å². The van der Waals surface area contributed by atoms with Crippen molar-refractivity contribution in [2.45, 2.75) is 31.7 Å². The number of Topliss-reactive ketones (excluding diaryl/α,β-unsaturated/α-hetero) is 1. The minimum atomic E-state index is -0.973. The molecule has 1 amide bonds. The lowest BCUT2D eigenvalue weighted by atomic mass is 9.84. The van der Waals surface area contributed by atoms with E-state index in [-0.39, 0.29) is 17.9 Å². The molecule has 0 spiro atoms. The van der Waals surface area contributed by atoms with Gasteiger partial charge in [-0.1, -0.05) is 0 Å². The zero-order valence-corrected chi connectivity index (χ0v) is 7.32. The summed E-state index contributed by atoms with van der Waals surface area (Å²) in [4.78, 5) is 21.8. The highest BCUT2D eigenvalue weighted by Crippen LogP contribution is 2.38. The van der Waals surface area contributed by atoms with E-state index in [4.69, 9.17) is 5.11 Å². The van der Waals surface area contributed by atoms with Crippen molar-refractivity contribution in [3.8, 4) is 0 Å². The predicted octanol–water partition coefficient (Wildman–Crippen LogP) is 1.01. The SMILES string of the molecule is O=C(O)NC1CC2CCC(C1)C2=O. The molecule has 2 unspecified atom stereocenters. The van der Waals surface area contributed by atoms with Crippen molar-refractivity contribution in [3.63, 3.8) is 0 Å². The van der Waals surface area contributed by atoms with E-state index < -0.39 is 6.09 Å². The number of carbonyl (C=O) groups excluding carboxylic acids is 1. The Kier molecular flexibility index (Phi) is 1.98. The molecule has 2 saturated carbocycles. The summed E-state index contributed by atoms with van der Waals surface area (Å²) in [6.45, 7) is 0. The molecule has 0 aromatic rings. The molecular formula is C9H13NO3. The Balaban J connectivity index is 1.98. The van der Waals surface area contributed by atoms with Crippen molar-refractivity contribution in [1.29, 1.82) is 0 Å². The van der Waals surface area contributed by atoms with Crippen molar-refractivity contribution < 1.29 is 14.7 Å². The second-order valence-electron chi connectivity index (χ2n) is 3.99. The lowest BCUT2D eigenvalue weighted by molar-refractivity contribution is -0.126. The van der Waals surface area contributed by atoms with E-state index in [0.29, 0.717) is 18.6 Å². The normalized spacial score (nSPS) is 37.5. The third-order valence-electron chi connectivity index (χ3n) is 3.13.